The fourth-order valence-electron chi connectivity index (χ4n) is 2.36. The number of aromatic nitrogens is 3. The lowest BCUT2D eigenvalue weighted by atomic mass is 10.0. The number of aryl methyl sites for hydroxylation is 1. The van der Waals surface area contributed by atoms with Gasteiger partial charge in [0.05, 0.1) is 18.9 Å². The molecule has 0 aliphatic rings. The molecule has 1 aromatic heterocycles. The molecule has 0 bridgehead atoms. The van der Waals surface area contributed by atoms with Gasteiger partial charge in [0.1, 0.15) is 12.1 Å². The highest BCUT2D eigenvalue weighted by Gasteiger charge is 2.20. The van der Waals surface area contributed by atoms with Gasteiger partial charge in [0.2, 0.25) is 5.91 Å². The van der Waals surface area contributed by atoms with Gasteiger partial charge in [-0.15, -0.1) is 10.2 Å². The number of amides is 1. The maximum Gasteiger partial charge on any atom is 0.233 e. The first-order chi connectivity index (χ1) is 11.1. The summed E-state index contributed by atoms with van der Waals surface area (Å²) in [5.41, 5.74) is 1.10. The Morgan fingerprint density at radius 2 is 2.09 bits per heavy atom. The summed E-state index contributed by atoms with van der Waals surface area (Å²) in [6, 6.07) is 7.91. The monoisotopic (exact) mass is 334 g/mol. The maximum atomic E-state index is 12.5. The van der Waals surface area contributed by atoms with Crippen molar-refractivity contribution in [1.29, 1.82) is 0 Å². The van der Waals surface area contributed by atoms with E-state index in [0.717, 1.165) is 22.9 Å². The van der Waals surface area contributed by atoms with E-state index in [1.807, 2.05) is 38.4 Å². The summed E-state index contributed by atoms with van der Waals surface area (Å²) in [5.74, 6) is 1.23. The van der Waals surface area contributed by atoms with Crippen LogP contribution in [0.3, 0.4) is 0 Å². The molecule has 0 radical (unpaired) electrons. The molecule has 1 amide bonds. The zero-order chi connectivity index (χ0) is 16.8. The lowest BCUT2D eigenvalue weighted by molar-refractivity contribution is -0.129. The number of carbonyl (C=O) groups is 1. The molecule has 23 heavy (non-hydrogen) atoms. The van der Waals surface area contributed by atoms with E-state index >= 15 is 0 Å². The minimum absolute atomic E-state index is 0.0495. The lowest BCUT2D eigenvalue weighted by Crippen LogP contribution is -2.32. The van der Waals surface area contributed by atoms with E-state index in [9.17, 15) is 4.79 Å². The summed E-state index contributed by atoms with van der Waals surface area (Å²) in [4.78, 5) is 14.3. The molecule has 7 heteroatoms. The zero-order valence-corrected chi connectivity index (χ0v) is 14.7. The summed E-state index contributed by atoms with van der Waals surface area (Å²) in [5, 5.41) is 8.54. The Kier molecular flexibility index (Phi) is 6.04. The van der Waals surface area contributed by atoms with Crippen molar-refractivity contribution >= 4 is 17.7 Å². The first kappa shape index (κ1) is 17.3. The normalized spacial score (nSPS) is 12.0. The molecule has 2 rings (SSSR count). The summed E-state index contributed by atoms with van der Waals surface area (Å²) >= 11 is 1.40. The first-order valence-electron chi connectivity index (χ1n) is 7.43. The largest absolute Gasteiger partial charge is 0.497 e. The van der Waals surface area contributed by atoms with Crippen LogP contribution in [0.1, 0.15) is 24.9 Å². The Balaban J connectivity index is 2.01. The molecule has 0 aliphatic heterocycles. The van der Waals surface area contributed by atoms with Crippen LogP contribution in [-0.2, 0) is 11.8 Å². The van der Waals surface area contributed by atoms with Crippen molar-refractivity contribution in [2.75, 3.05) is 19.9 Å². The number of benzene rings is 1. The van der Waals surface area contributed by atoms with Crippen LogP contribution < -0.4 is 4.74 Å². The number of methoxy groups -OCH3 is 1. The van der Waals surface area contributed by atoms with Crippen LogP contribution in [0.5, 0.6) is 5.75 Å². The van der Waals surface area contributed by atoms with Crippen LogP contribution in [0.15, 0.2) is 35.7 Å². The Labute approximate surface area is 140 Å². The minimum atomic E-state index is 0.0495. The number of hydrogen-bond acceptors (Lipinski definition) is 5. The van der Waals surface area contributed by atoms with Gasteiger partial charge in [0.25, 0.3) is 0 Å². The Morgan fingerprint density at radius 1 is 1.39 bits per heavy atom. The quantitative estimate of drug-likeness (QED) is 0.728. The third kappa shape index (κ3) is 4.25. The second-order valence-electron chi connectivity index (χ2n) is 5.21. The Bertz CT molecular complexity index is 642. The van der Waals surface area contributed by atoms with E-state index in [4.69, 9.17) is 4.74 Å². The van der Waals surface area contributed by atoms with Crippen LogP contribution >= 0.6 is 11.8 Å². The molecule has 1 unspecified atom stereocenters. The van der Waals surface area contributed by atoms with Crippen molar-refractivity contribution in [1.82, 2.24) is 19.7 Å². The Morgan fingerprint density at radius 3 is 2.61 bits per heavy atom. The van der Waals surface area contributed by atoms with Gasteiger partial charge in [-0.3, -0.25) is 4.79 Å². The molecule has 124 valence electrons. The first-order valence-corrected chi connectivity index (χ1v) is 8.41. The average Bonchev–Trinajstić information content (AvgIpc) is 2.99. The number of rotatable bonds is 7. The van der Waals surface area contributed by atoms with Gasteiger partial charge in [0.15, 0.2) is 5.16 Å². The molecule has 0 saturated carbocycles. The summed E-state index contributed by atoms with van der Waals surface area (Å²) in [7, 11) is 5.35. The van der Waals surface area contributed by atoms with Gasteiger partial charge in [-0.1, -0.05) is 30.8 Å². The van der Waals surface area contributed by atoms with Crippen molar-refractivity contribution in [3.05, 3.63) is 36.2 Å². The molecule has 0 saturated heterocycles. The van der Waals surface area contributed by atoms with Gasteiger partial charge in [-0.25, -0.2) is 0 Å². The topological polar surface area (TPSA) is 60.2 Å². The van der Waals surface area contributed by atoms with Crippen LogP contribution in [-0.4, -0.2) is 45.5 Å². The number of thioether (sulfide) groups is 1. The van der Waals surface area contributed by atoms with E-state index in [-0.39, 0.29) is 11.9 Å². The average molecular weight is 334 g/mol. The SMILES string of the molecule is CCC(c1ccc(OC)cc1)N(C)C(=O)CSc1nncn1C. The Hall–Kier alpha value is -2.02. The zero-order valence-electron chi connectivity index (χ0n) is 13.9. The van der Waals surface area contributed by atoms with Crippen molar-refractivity contribution in [2.45, 2.75) is 24.5 Å². The molecule has 0 spiro atoms. The summed E-state index contributed by atoms with van der Waals surface area (Å²) in [6.45, 7) is 2.08. The van der Waals surface area contributed by atoms with Crippen LogP contribution in [0.4, 0.5) is 0 Å². The highest BCUT2D eigenvalue weighted by molar-refractivity contribution is 7.99. The number of ether oxygens (including phenoxy) is 1. The van der Waals surface area contributed by atoms with Gasteiger partial charge in [0, 0.05) is 14.1 Å². The molecule has 1 aromatic carbocycles. The fourth-order valence-corrected chi connectivity index (χ4v) is 3.18. The molecular weight excluding hydrogens is 312 g/mol. The third-order valence-electron chi connectivity index (χ3n) is 3.74. The standard InChI is InChI=1S/C16H22N4O2S/c1-5-14(12-6-8-13(22-4)9-7-12)20(3)15(21)10-23-16-18-17-11-19(16)2/h6-9,11,14H,5,10H2,1-4H3. The summed E-state index contributed by atoms with van der Waals surface area (Å²) < 4.78 is 6.99. The second kappa shape index (κ2) is 8.01. The van der Waals surface area contributed by atoms with Crippen LogP contribution in [0.2, 0.25) is 0 Å². The smallest absolute Gasteiger partial charge is 0.233 e. The molecule has 0 fully saturated rings. The van der Waals surface area contributed by atoms with E-state index in [1.54, 1.807) is 22.9 Å². The van der Waals surface area contributed by atoms with Crippen LogP contribution in [0, 0.1) is 0 Å². The predicted octanol–water partition coefficient (Wildman–Crippen LogP) is 2.53. The van der Waals surface area contributed by atoms with Crippen molar-refractivity contribution in [3.63, 3.8) is 0 Å². The van der Waals surface area contributed by atoms with Gasteiger partial charge in [-0.05, 0) is 24.1 Å². The minimum Gasteiger partial charge on any atom is -0.497 e. The number of hydrogen-bond donors (Lipinski definition) is 0. The van der Waals surface area contributed by atoms with Crippen molar-refractivity contribution < 1.29 is 9.53 Å². The van der Waals surface area contributed by atoms with Crippen LogP contribution in [0.25, 0.3) is 0 Å². The van der Waals surface area contributed by atoms with E-state index in [1.165, 1.54) is 11.8 Å². The van der Waals surface area contributed by atoms with E-state index in [0.29, 0.717) is 5.75 Å². The third-order valence-corrected chi connectivity index (χ3v) is 4.76. The lowest BCUT2D eigenvalue weighted by Gasteiger charge is -2.27. The molecule has 1 atom stereocenters. The molecule has 0 N–H and O–H groups in total. The van der Waals surface area contributed by atoms with E-state index in [2.05, 4.69) is 17.1 Å². The molecule has 1 heterocycles. The number of carbonyl (C=O) groups excluding carboxylic acids is 1. The second-order valence-corrected chi connectivity index (χ2v) is 6.16. The van der Waals surface area contributed by atoms with E-state index < -0.39 is 0 Å². The molecule has 0 aliphatic carbocycles. The van der Waals surface area contributed by atoms with Crippen molar-refractivity contribution in [2.24, 2.45) is 7.05 Å². The summed E-state index contributed by atoms with van der Waals surface area (Å²) in [6.07, 6.45) is 2.48. The number of nitrogens with zero attached hydrogens (tertiary/aromatic N) is 4. The van der Waals surface area contributed by atoms with Gasteiger partial charge in [-0.2, -0.15) is 0 Å². The fraction of sp³-hybridized carbons (Fsp3) is 0.438. The molecular formula is C16H22N4O2S. The highest BCUT2D eigenvalue weighted by Crippen LogP contribution is 2.26. The molecule has 6 nitrogen and oxygen atoms in total. The van der Waals surface area contributed by atoms with Crippen molar-refractivity contribution in [3.8, 4) is 5.75 Å². The maximum absolute atomic E-state index is 12.5. The van der Waals surface area contributed by atoms with Gasteiger partial charge < -0.3 is 14.2 Å². The predicted molar refractivity (Wildman–Crippen MR) is 90.5 cm³/mol. The highest BCUT2D eigenvalue weighted by atomic mass is 32.2. The molecule has 2 aromatic rings. The van der Waals surface area contributed by atoms with Gasteiger partial charge >= 0.3 is 0 Å².